The second kappa shape index (κ2) is 8.20. The van der Waals surface area contributed by atoms with E-state index in [0.717, 1.165) is 0 Å². The van der Waals surface area contributed by atoms with E-state index in [1.807, 2.05) is 18.2 Å². The number of carbonyl (C=O) groups excluding carboxylic acids is 2. The summed E-state index contributed by atoms with van der Waals surface area (Å²) < 4.78 is 0. The molecule has 0 aliphatic carbocycles. The Morgan fingerprint density at radius 1 is 0.955 bits per heavy atom. The highest BCUT2D eigenvalue weighted by Crippen LogP contribution is 2.13. The molecule has 22 heavy (non-hydrogen) atoms. The van der Waals surface area contributed by atoms with Crippen molar-refractivity contribution >= 4 is 29.1 Å². The molecule has 0 spiro atoms. The smallest absolute Gasteiger partial charge is 0.251 e. The van der Waals surface area contributed by atoms with Gasteiger partial charge in [0.1, 0.15) is 0 Å². The first kappa shape index (κ1) is 16.0. The van der Waals surface area contributed by atoms with E-state index in [9.17, 15) is 9.59 Å². The van der Waals surface area contributed by atoms with Gasteiger partial charge >= 0.3 is 0 Å². The summed E-state index contributed by atoms with van der Waals surface area (Å²) >= 11 is 5.78. The first-order valence-electron chi connectivity index (χ1n) is 7.04. The standard InChI is InChI=1S/C17H17ClN2O2/c18-14-8-10-15(11-9-14)20-16(21)7-4-12-19-17(22)13-5-2-1-3-6-13/h1-3,5-6,8-11H,4,7,12H2,(H,19,22)(H,20,21). The lowest BCUT2D eigenvalue weighted by Crippen LogP contribution is -2.25. The molecule has 2 aromatic rings. The number of hydrogen-bond donors (Lipinski definition) is 2. The Labute approximate surface area is 134 Å². The molecule has 2 aromatic carbocycles. The number of hydrogen-bond acceptors (Lipinski definition) is 2. The molecule has 0 unspecified atom stereocenters. The van der Waals surface area contributed by atoms with Crippen molar-refractivity contribution in [2.75, 3.05) is 11.9 Å². The van der Waals surface area contributed by atoms with Gasteiger partial charge in [-0.2, -0.15) is 0 Å². The van der Waals surface area contributed by atoms with Gasteiger partial charge in [0.25, 0.3) is 5.91 Å². The highest BCUT2D eigenvalue weighted by Gasteiger charge is 2.05. The van der Waals surface area contributed by atoms with E-state index >= 15 is 0 Å². The molecule has 0 saturated carbocycles. The summed E-state index contributed by atoms with van der Waals surface area (Å²) in [7, 11) is 0. The minimum atomic E-state index is -0.126. The van der Waals surface area contributed by atoms with E-state index in [-0.39, 0.29) is 11.8 Å². The van der Waals surface area contributed by atoms with E-state index in [1.54, 1.807) is 36.4 Å². The third-order valence-electron chi connectivity index (χ3n) is 3.03. The van der Waals surface area contributed by atoms with Gasteiger partial charge in [-0.1, -0.05) is 29.8 Å². The quantitative estimate of drug-likeness (QED) is 0.801. The van der Waals surface area contributed by atoms with Crippen LogP contribution in [0.25, 0.3) is 0 Å². The monoisotopic (exact) mass is 316 g/mol. The van der Waals surface area contributed by atoms with E-state index in [2.05, 4.69) is 10.6 Å². The van der Waals surface area contributed by atoms with Gasteiger partial charge in [-0.3, -0.25) is 9.59 Å². The minimum Gasteiger partial charge on any atom is -0.352 e. The Morgan fingerprint density at radius 2 is 1.64 bits per heavy atom. The van der Waals surface area contributed by atoms with Crippen LogP contribution in [-0.4, -0.2) is 18.4 Å². The van der Waals surface area contributed by atoms with Crippen LogP contribution < -0.4 is 10.6 Å². The minimum absolute atomic E-state index is 0.0868. The summed E-state index contributed by atoms with van der Waals surface area (Å²) in [6.07, 6.45) is 0.926. The number of rotatable bonds is 6. The molecule has 2 N–H and O–H groups in total. The lowest BCUT2D eigenvalue weighted by Gasteiger charge is -2.06. The predicted octanol–water partition coefficient (Wildman–Crippen LogP) is 3.49. The summed E-state index contributed by atoms with van der Waals surface area (Å²) in [5, 5.41) is 6.19. The predicted molar refractivity (Wildman–Crippen MR) is 88.1 cm³/mol. The van der Waals surface area contributed by atoms with Gasteiger partial charge in [0.05, 0.1) is 0 Å². The summed E-state index contributed by atoms with van der Waals surface area (Å²) in [5.41, 5.74) is 1.33. The zero-order valence-electron chi connectivity index (χ0n) is 12.0. The molecular weight excluding hydrogens is 300 g/mol. The first-order chi connectivity index (χ1) is 10.6. The lowest BCUT2D eigenvalue weighted by molar-refractivity contribution is -0.116. The zero-order chi connectivity index (χ0) is 15.8. The molecule has 0 heterocycles. The summed E-state index contributed by atoms with van der Waals surface area (Å²) in [6, 6.07) is 15.9. The lowest BCUT2D eigenvalue weighted by atomic mass is 10.2. The van der Waals surface area contributed by atoms with Gasteiger partial charge < -0.3 is 10.6 Å². The molecular formula is C17H17ClN2O2. The van der Waals surface area contributed by atoms with Crippen LogP contribution in [0, 0.1) is 0 Å². The zero-order valence-corrected chi connectivity index (χ0v) is 12.8. The molecule has 0 aliphatic rings. The molecule has 2 amide bonds. The fourth-order valence-electron chi connectivity index (χ4n) is 1.90. The van der Waals surface area contributed by atoms with Crippen molar-refractivity contribution in [3.05, 3.63) is 65.2 Å². The third-order valence-corrected chi connectivity index (χ3v) is 3.28. The molecule has 0 saturated heterocycles. The number of nitrogens with one attached hydrogen (secondary N) is 2. The largest absolute Gasteiger partial charge is 0.352 e. The Kier molecular flexibility index (Phi) is 5.98. The molecule has 0 aromatic heterocycles. The third kappa shape index (κ3) is 5.22. The molecule has 2 rings (SSSR count). The van der Waals surface area contributed by atoms with Crippen LogP contribution >= 0.6 is 11.6 Å². The molecule has 4 nitrogen and oxygen atoms in total. The van der Waals surface area contributed by atoms with E-state index in [4.69, 9.17) is 11.6 Å². The molecule has 0 radical (unpaired) electrons. The van der Waals surface area contributed by atoms with Crippen LogP contribution in [0.1, 0.15) is 23.2 Å². The SMILES string of the molecule is O=C(CCCNC(=O)c1ccccc1)Nc1ccc(Cl)cc1. The highest BCUT2D eigenvalue weighted by molar-refractivity contribution is 6.30. The van der Waals surface area contributed by atoms with Crippen molar-refractivity contribution in [2.24, 2.45) is 0 Å². The van der Waals surface area contributed by atoms with Gasteiger partial charge in [0.2, 0.25) is 5.91 Å². The first-order valence-corrected chi connectivity index (χ1v) is 7.41. The fraction of sp³-hybridized carbons (Fsp3) is 0.176. The van der Waals surface area contributed by atoms with Crippen molar-refractivity contribution in [1.82, 2.24) is 5.32 Å². The van der Waals surface area contributed by atoms with Crippen molar-refractivity contribution in [3.63, 3.8) is 0 Å². The Hall–Kier alpha value is -2.33. The Balaban J connectivity index is 1.67. The van der Waals surface area contributed by atoms with Crippen molar-refractivity contribution in [3.8, 4) is 0 Å². The second-order valence-corrected chi connectivity index (χ2v) is 5.22. The van der Waals surface area contributed by atoms with Gasteiger partial charge in [0.15, 0.2) is 0 Å². The maximum atomic E-state index is 11.8. The van der Waals surface area contributed by atoms with Crippen molar-refractivity contribution < 1.29 is 9.59 Å². The van der Waals surface area contributed by atoms with Crippen molar-refractivity contribution in [2.45, 2.75) is 12.8 Å². The topological polar surface area (TPSA) is 58.2 Å². The number of benzene rings is 2. The van der Waals surface area contributed by atoms with Gasteiger partial charge in [-0.15, -0.1) is 0 Å². The van der Waals surface area contributed by atoms with Crippen LogP contribution in [-0.2, 0) is 4.79 Å². The molecule has 0 fully saturated rings. The van der Waals surface area contributed by atoms with Crippen molar-refractivity contribution in [1.29, 1.82) is 0 Å². The maximum Gasteiger partial charge on any atom is 0.251 e. The summed E-state index contributed by atoms with van der Waals surface area (Å²) in [6.45, 7) is 0.460. The highest BCUT2D eigenvalue weighted by atomic mass is 35.5. The second-order valence-electron chi connectivity index (χ2n) is 4.78. The van der Waals surface area contributed by atoms with E-state index in [0.29, 0.717) is 35.7 Å². The van der Waals surface area contributed by atoms with Crippen LogP contribution in [0.3, 0.4) is 0 Å². The number of carbonyl (C=O) groups is 2. The average molecular weight is 317 g/mol. The average Bonchev–Trinajstić information content (AvgIpc) is 2.54. The van der Waals surface area contributed by atoms with Gasteiger partial charge in [0, 0.05) is 29.2 Å². The molecule has 114 valence electrons. The van der Waals surface area contributed by atoms with Crippen LogP contribution in [0.5, 0.6) is 0 Å². The number of amides is 2. The van der Waals surface area contributed by atoms with Gasteiger partial charge in [-0.25, -0.2) is 0 Å². The summed E-state index contributed by atoms with van der Waals surface area (Å²) in [4.78, 5) is 23.5. The molecule has 0 bridgehead atoms. The van der Waals surface area contributed by atoms with Gasteiger partial charge in [-0.05, 0) is 42.8 Å². The fourth-order valence-corrected chi connectivity index (χ4v) is 2.03. The Morgan fingerprint density at radius 3 is 2.32 bits per heavy atom. The maximum absolute atomic E-state index is 11.8. The molecule has 5 heteroatoms. The van der Waals surface area contributed by atoms with Crippen LogP contribution in [0.2, 0.25) is 5.02 Å². The van der Waals surface area contributed by atoms with E-state index in [1.165, 1.54) is 0 Å². The van der Waals surface area contributed by atoms with Crippen LogP contribution in [0.15, 0.2) is 54.6 Å². The van der Waals surface area contributed by atoms with Crippen LogP contribution in [0.4, 0.5) is 5.69 Å². The summed E-state index contributed by atoms with van der Waals surface area (Å²) in [5.74, 6) is -0.213. The molecule has 0 atom stereocenters. The Bertz CT molecular complexity index is 627. The number of halogens is 1. The normalized spacial score (nSPS) is 10.0. The molecule has 0 aliphatic heterocycles. The number of anilines is 1. The van der Waals surface area contributed by atoms with E-state index < -0.39 is 0 Å².